The molecule has 0 aromatic rings. The quantitative estimate of drug-likeness (QED) is 0.155. The highest BCUT2D eigenvalue weighted by atomic mass is 28.4. The van der Waals surface area contributed by atoms with Crippen molar-refractivity contribution >= 4 is 22.4 Å². The Labute approximate surface area is 208 Å². The summed E-state index contributed by atoms with van der Waals surface area (Å²) in [7, 11) is -3.86. The van der Waals surface area contributed by atoms with Crippen molar-refractivity contribution in [3.63, 3.8) is 0 Å². The summed E-state index contributed by atoms with van der Waals surface area (Å²) < 4.78 is 13.6. The van der Waals surface area contributed by atoms with Crippen LogP contribution in [0.4, 0.5) is 0 Å². The summed E-state index contributed by atoms with van der Waals surface area (Å²) in [6.07, 6.45) is 12.4. The van der Waals surface area contributed by atoms with Crippen molar-refractivity contribution in [2.75, 3.05) is 0 Å². The molecule has 0 saturated heterocycles. The Kier molecular flexibility index (Phi) is 11.1. The molecule has 5 heteroatoms. The van der Waals surface area contributed by atoms with E-state index in [2.05, 4.69) is 93.4 Å². The molecule has 1 saturated carbocycles. The summed E-state index contributed by atoms with van der Waals surface area (Å²) in [6, 6.07) is 0. The fourth-order valence-electron chi connectivity index (χ4n) is 3.96. The van der Waals surface area contributed by atoms with Crippen molar-refractivity contribution in [2.24, 2.45) is 11.8 Å². The molecule has 1 aliphatic rings. The monoisotopic (exact) mass is 494 g/mol. The molecule has 0 radical (unpaired) electrons. The second kappa shape index (κ2) is 12.0. The van der Waals surface area contributed by atoms with E-state index in [1.165, 1.54) is 19.3 Å². The SMILES string of the molecule is C=CCC1C(=O)CC(O[Si](C)(C)C(C)(C)C)C1/C=C/C(CCCCC)O[Si](C)(C)C(C)(C)C. The lowest BCUT2D eigenvalue weighted by atomic mass is 9.90. The molecule has 192 valence electrons. The predicted octanol–water partition coefficient (Wildman–Crippen LogP) is 8.69. The number of hydrogen-bond donors (Lipinski definition) is 0. The lowest BCUT2D eigenvalue weighted by Gasteiger charge is -2.40. The molecule has 1 rings (SSSR count). The lowest BCUT2D eigenvalue weighted by Crippen LogP contribution is -2.45. The highest BCUT2D eigenvalue weighted by molar-refractivity contribution is 6.74. The number of carbonyl (C=O) groups excluding carboxylic acids is 1. The summed E-state index contributed by atoms with van der Waals surface area (Å²) in [5.74, 6) is 0.389. The van der Waals surface area contributed by atoms with Crippen LogP contribution in [0, 0.1) is 11.8 Å². The third-order valence-electron chi connectivity index (χ3n) is 8.28. The molecule has 0 bridgehead atoms. The first kappa shape index (κ1) is 30.5. The molecule has 0 N–H and O–H groups in total. The molecular formula is C28H54O3Si2. The van der Waals surface area contributed by atoms with Crippen LogP contribution in [0.2, 0.25) is 36.3 Å². The van der Waals surface area contributed by atoms with Gasteiger partial charge in [-0.1, -0.05) is 86.0 Å². The topological polar surface area (TPSA) is 35.5 Å². The number of unbranched alkanes of at least 4 members (excludes halogenated alkanes) is 2. The molecule has 3 nitrogen and oxygen atoms in total. The first-order valence-electron chi connectivity index (χ1n) is 13.1. The third kappa shape index (κ3) is 8.59. The van der Waals surface area contributed by atoms with Gasteiger partial charge in [0.15, 0.2) is 16.6 Å². The van der Waals surface area contributed by atoms with Crippen molar-refractivity contribution in [1.82, 2.24) is 0 Å². The van der Waals surface area contributed by atoms with E-state index in [1.54, 1.807) is 0 Å². The number of allylic oxidation sites excluding steroid dienone is 1. The van der Waals surface area contributed by atoms with Crippen LogP contribution in [0.25, 0.3) is 0 Å². The van der Waals surface area contributed by atoms with Crippen LogP contribution in [-0.4, -0.2) is 34.6 Å². The zero-order chi connectivity index (χ0) is 25.7. The summed E-state index contributed by atoms with van der Waals surface area (Å²) in [4.78, 5) is 13.0. The fourth-order valence-corrected chi connectivity index (χ4v) is 6.62. The molecular weight excluding hydrogens is 440 g/mol. The Hall–Kier alpha value is -0.496. The molecule has 4 atom stereocenters. The number of Topliss-reactive ketones (excluding diaryl/α,β-unsaturated/α-hetero) is 1. The fraction of sp³-hybridized carbons (Fsp3) is 0.821. The average molecular weight is 495 g/mol. The summed E-state index contributed by atoms with van der Waals surface area (Å²) in [5, 5.41) is 0.293. The van der Waals surface area contributed by atoms with Gasteiger partial charge in [-0.3, -0.25) is 4.79 Å². The number of ketones is 1. The maximum atomic E-state index is 13.0. The molecule has 0 aromatic carbocycles. The van der Waals surface area contributed by atoms with Gasteiger partial charge in [0.1, 0.15) is 5.78 Å². The van der Waals surface area contributed by atoms with Gasteiger partial charge in [0, 0.05) is 18.3 Å². The van der Waals surface area contributed by atoms with Gasteiger partial charge < -0.3 is 8.85 Å². The van der Waals surface area contributed by atoms with Gasteiger partial charge in [-0.15, -0.1) is 6.58 Å². The first-order valence-corrected chi connectivity index (χ1v) is 19.0. The van der Waals surface area contributed by atoms with Crippen LogP contribution >= 0.6 is 0 Å². The molecule has 33 heavy (non-hydrogen) atoms. The van der Waals surface area contributed by atoms with Crippen molar-refractivity contribution in [3.05, 3.63) is 24.8 Å². The van der Waals surface area contributed by atoms with E-state index in [4.69, 9.17) is 8.85 Å². The van der Waals surface area contributed by atoms with Crippen LogP contribution in [0.1, 0.15) is 87.0 Å². The first-order chi connectivity index (χ1) is 15.0. The molecule has 4 unspecified atom stereocenters. The maximum Gasteiger partial charge on any atom is 0.192 e. The van der Waals surface area contributed by atoms with E-state index in [0.717, 1.165) is 12.8 Å². The highest BCUT2D eigenvalue weighted by Gasteiger charge is 2.47. The zero-order valence-corrected chi connectivity index (χ0v) is 25.7. The largest absolute Gasteiger partial charge is 0.413 e. The van der Waals surface area contributed by atoms with Crippen molar-refractivity contribution in [1.29, 1.82) is 0 Å². The normalized spacial score (nSPS) is 24.0. The van der Waals surface area contributed by atoms with Gasteiger partial charge >= 0.3 is 0 Å². The van der Waals surface area contributed by atoms with Gasteiger partial charge in [-0.25, -0.2) is 0 Å². The second-order valence-corrected chi connectivity index (χ2v) is 22.6. The van der Waals surface area contributed by atoms with Crippen LogP contribution in [0.5, 0.6) is 0 Å². The minimum absolute atomic E-state index is 0.0299. The molecule has 1 aliphatic carbocycles. The van der Waals surface area contributed by atoms with Crippen molar-refractivity contribution in [2.45, 2.75) is 135 Å². The molecule has 0 spiro atoms. The third-order valence-corrected chi connectivity index (χ3v) is 17.3. The van der Waals surface area contributed by atoms with E-state index in [0.29, 0.717) is 12.2 Å². The Morgan fingerprint density at radius 1 is 1.03 bits per heavy atom. The highest BCUT2D eigenvalue weighted by Crippen LogP contribution is 2.43. The minimum Gasteiger partial charge on any atom is -0.413 e. The van der Waals surface area contributed by atoms with E-state index in [1.807, 2.05) is 6.08 Å². The van der Waals surface area contributed by atoms with Crippen LogP contribution in [0.3, 0.4) is 0 Å². The lowest BCUT2D eigenvalue weighted by molar-refractivity contribution is -0.121. The maximum absolute atomic E-state index is 13.0. The molecule has 0 aromatic heterocycles. The Bertz CT molecular complexity index is 668. The molecule has 0 aliphatic heterocycles. The summed E-state index contributed by atoms with van der Waals surface area (Å²) in [6.45, 7) is 29.1. The zero-order valence-electron chi connectivity index (χ0n) is 23.7. The average Bonchev–Trinajstić information content (AvgIpc) is 2.92. The van der Waals surface area contributed by atoms with Gasteiger partial charge in [-0.2, -0.15) is 0 Å². The van der Waals surface area contributed by atoms with Gasteiger partial charge in [0.25, 0.3) is 0 Å². The Morgan fingerprint density at radius 2 is 1.61 bits per heavy atom. The van der Waals surface area contributed by atoms with Gasteiger partial charge in [0.05, 0.1) is 12.2 Å². The van der Waals surface area contributed by atoms with Crippen molar-refractivity contribution in [3.8, 4) is 0 Å². The smallest absolute Gasteiger partial charge is 0.192 e. The summed E-state index contributed by atoms with van der Waals surface area (Å²) >= 11 is 0. The van der Waals surface area contributed by atoms with Gasteiger partial charge in [-0.05, 0) is 49.1 Å². The molecule has 1 fully saturated rings. The number of carbonyl (C=O) groups is 1. The van der Waals surface area contributed by atoms with Gasteiger partial charge in [0.2, 0.25) is 0 Å². The van der Waals surface area contributed by atoms with Crippen LogP contribution in [-0.2, 0) is 13.6 Å². The second-order valence-electron chi connectivity index (χ2n) is 13.1. The van der Waals surface area contributed by atoms with E-state index in [-0.39, 0.29) is 34.1 Å². The number of rotatable bonds is 12. The van der Waals surface area contributed by atoms with E-state index < -0.39 is 16.6 Å². The molecule has 0 heterocycles. The van der Waals surface area contributed by atoms with E-state index >= 15 is 0 Å². The summed E-state index contributed by atoms with van der Waals surface area (Å²) in [5.41, 5.74) is 0. The van der Waals surface area contributed by atoms with Crippen LogP contribution < -0.4 is 0 Å². The predicted molar refractivity (Wildman–Crippen MR) is 149 cm³/mol. The van der Waals surface area contributed by atoms with Crippen molar-refractivity contribution < 1.29 is 13.6 Å². The molecule has 0 amide bonds. The van der Waals surface area contributed by atoms with Crippen LogP contribution in [0.15, 0.2) is 24.8 Å². The number of hydrogen-bond acceptors (Lipinski definition) is 3. The Balaban J connectivity index is 3.20. The minimum atomic E-state index is -1.98. The Morgan fingerprint density at radius 3 is 2.09 bits per heavy atom. The van der Waals surface area contributed by atoms with E-state index in [9.17, 15) is 4.79 Å². The standard InChI is InChI=1S/C28H54O3Si2/c1-13-15-16-18-22(30-32(9,10)27(3,4)5)19-20-24-23(17-14-2)25(29)21-26(24)31-33(11,12)28(6,7)8/h14,19-20,22-24,26H,2,13,15-18,21H2,1,3-12H3/b20-19+.